The molecule has 0 radical (unpaired) electrons. The molecular formula is C11H15NO2. The van der Waals surface area contributed by atoms with Crippen molar-refractivity contribution < 1.29 is 9.90 Å². The van der Waals surface area contributed by atoms with Crippen molar-refractivity contribution in [2.45, 2.75) is 13.3 Å². The van der Waals surface area contributed by atoms with Crippen molar-refractivity contribution in [3.8, 4) is 0 Å². The molecule has 3 nitrogen and oxygen atoms in total. The molecule has 0 saturated heterocycles. The maximum absolute atomic E-state index is 10.8. The van der Waals surface area contributed by atoms with Crippen molar-refractivity contribution >= 4 is 6.09 Å². The number of nitrogens with zero attached hydrogens (tertiary/aromatic N) is 1. The Kier molecular flexibility index (Phi) is 3.51. The number of carbonyl (C=O) groups is 1. The Bertz CT molecular complexity index is 302. The zero-order chi connectivity index (χ0) is 10.6. The van der Waals surface area contributed by atoms with E-state index in [1.54, 1.807) is 0 Å². The van der Waals surface area contributed by atoms with Crippen molar-refractivity contribution in [2.24, 2.45) is 0 Å². The lowest BCUT2D eigenvalue weighted by atomic mass is 10.00. The lowest BCUT2D eigenvalue weighted by molar-refractivity contribution is 0.148. The highest BCUT2D eigenvalue weighted by atomic mass is 16.4. The summed E-state index contributed by atoms with van der Waals surface area (Å²) in [5.41, 5.74) is 2.21. The average Bonchev–Trinajstić information content (AvgIpc) is 2.18. The van der Waals surface area contributed by atoms with Crippen LogP contribution in [0.3, 0.4) is 0 Å². The smallest absolute Gasteiger partial charge is 0.407 e. The third-order valence-electron chi connectivity index (χ3n) is 2.31. The number of allylic oxidation sites excluding steroid dienone is 2. The summed E-state index contributed by atoms with van der Waals surface area (Å²) in [5.74, 6) is 0. The molecule has 0 fully saturated rings. The van der Waals surface area contributed by atoms with Crippen LogP contribution in [-0.4, -0.2) is 29.2 Å². The van der Waals surface area contributed by atoms with Gasteiger partial charge in [-0.25, -0.2) is 4.79 Å². The van der Waals surface area contributed by atoms with E-state index in [4.69, 9.17) is 5.11 Å². The quantitative estimate of drug-likeness (QED) is 0.731. The van der Waals surface area contributed by atoms with Gasteiger partial charge in [0.25, 0.3) is 0 Å². The molecule has 1 aliphatic heterocycles. The molecule has 0 bridgehead atoms. The molecule has 0 aromatic heterocycles. The second-order valence-electron chi connectivity index (χ2n) is 3.21. The van der Waals surface area contributed by atoms with Crippen LogP contribution in [0, 0.1) is 0 Å². The van der Waals surface area contributed by atoms with Crippen LogP contribution in [0.15, 0.2) is 36.0 Å². The number of hydrogen-bond acceptors (Lipinski definition) is 1. The molecule has 1 heterocycles. The number of hydrogen-bond donors (Lipinski definition) is 1. The minimum atomic E-state index is -0.852. The maximum atomic E-state index is 10.8. The van der Waals surface area contributed by atoms with E-state index in [0.29, 0.717) is 13.1 Å². The highest BCUT2D eigenvalue weighted by Gasteiger charge is 2.19. The molecule has 0 spiro atoms. The average molecular weight is 193 g/mol. The van der Waals surface area contributed by atoms with Gasteiger partial charge in [-0.2, -0.15) is 0 Å². The van der Waals surface area contributed by atoms with Crippen LogP contribution in [0.4, 0.5) is 4.79 Å². The van der Waals surface area contributed by atoms with E-state index >= 15 is 0 Å². The van der Waals surface area contributed by atoms with Gasteiger partial charge in [0.2, 0.25) is 0 Å². The standard InChI is InChI=1S/C11H15NO2/c1-3-5-10-8-12(11(13)14)7-6-9(10)4-2/h3-5H,2,6-8H2,1H3,(H,13,14)/b5-3-. The van der Waals surface area contributed by atoms with E-state index in [1.165, 1.54) is 4.90 Å². The van der Waals surface area contributed by atoms with Crippen LogP contribution in [0.5, 0.6) is 0 Å². The molecular weight excluding hydrogens is 178 g/mol. The van der Waals surface area contributed by atoms with E-state index in [2.05, 4.69) is 6.58 Å². The second-order valence-corrected chi connectivity index (χ2v) is 3.21. The molecule has 0 aromatic rings. The minimum Gasteiger partial charge on any atom is -0.465 e. The molecule has 0 aliphatic carbocycles. The summed E-state index contributed by atoms with van der Waals surface area (Å²) in [6, 6.07) is 0. The predicted octanol–water partition coefficient (Wildman–Crippen LogP) is 2.43. The third kappa shape index (κ3) is 2.25. The van der Waals surface area contributed by atoms with Crippen LogP contribution in [0.25, 0.3) is 0 Å². The van der Waals surface area contributed by atoms with Crippen LogP contribution in [0.1, 0.15) is 13.3 Å². The normalized spacial score (nSPS) is 17.6. The number of rotatable bonds is 2. The SMILES string of the molecule is C=CC1=C(/C=C\C)CN(C(=O)O)CC1. The van der Waals surface area contributed by atoms with Gasteiger partial charge in [-0.3, -0.25) is 0 Å². The summed E-state index contributed by atoms with van der Waals surface area (Å²) in [4.78, 5) is 12.2. The van der Waals surface area contributed by atoms with Gasteiger partial charge in [0, 0.05) is 13.1 Å². The Labute approximate surface area is 84.0 Å². The zero-order valence-electron chi connectivity index (χ0n) is 8.36. The predicted molar refractivity (Wildman–Crippen MR) is 56.3 cm³/mol. The molecule has 3 heteroatoms. The largest absolute Gasteiger partial charge is 0.465 e. The van der Waals surface area contributed by atoms with Crippen LogP contribution >= 0.6 is 0 Å². The maximum Gasteiger partial charge on any atom is 0.407 e. The summed E-state index contributed by atoms with van der Waals surface area (Å²) in [6.07, 6.45) is 5.59. The van der Waals surface area contributed by atoms with Crippen molar-refractivity contribution in [3.63, 3.8) is 0 Å². The van der Waals surface area contributed by atoms with Gasteiger partial charge >= 0.3 is 6.09 Å². The van der Waals surface area contributed by atoms with Gasteiger partial charge in [0.1, 0.15) is 0 Å². The Morgan fingerprint density at radius 1 is 1.57 bits per heavy atom. The highest BCUT2D eigenvalue weighted by molar-refractivity contribution is 5.66. The van der Waals surface area contributed by atoms with Crippen molar-refractivity contribution in [1.82, 2.24) is 4.90 Å². The van der Waals surface area contributed by atoms with Crippen molar-refractivity contribution in [2.75, 3.05) is 13.1 Å². The zero-order valence-corrected chi connectivity index (χ0v) is 8.36. The highest BCUT2D eigenvalue weighted by Crippen LogP contribution is 2.19. The summed E-state index contributed by atoms with van der Waals surface area (Å²) in [5, 5.41) is 8.84. The molecule has 14 heavy (non-hydrogen) atoms. The Morgan fingerprint density at radius 2 is 2.29 bits per heavy atom. The van der Waals surface area contributed by atoms with E-state index in [0.717, 1.165) is 17.6 Å². The number of amides is 1. The topological polar surface area (TPSA) is 40.5 Å². The first kappa shape index (κ1) is 10.6. The second kappa shape index (κ2) is 4.65. The molecule has 0 saturated carbocycles. The molecule has 0 aromatic carbocycles. The fourth-order valence-corrected chi connectivity index (χ4v) is 1.56. The molecule has 0 atom stereocenters. The first-order valence-corrected chi connectivity index (χ1v) is 4.64. The van der Waals surface area contributed by atoms with Crippen LogP contribution in [-0.2, 0) is 0 Å². The third-order valence-corrected chi connectivity index (χ3v) is 2.31. The summed E-state index contributed by atoms with van der Waals surface area (Å²) >= 11 is 0. The van der Waals surface area contributed by atoms with Gasteiger partial charge < -0.3 is 10.0 Å². The Hall–Kier alpha value is -1.51. The van der Waals surface area contributed by atoms with Gasteiger partial charge in [0.15, 0.2) is 0 Å². The van der Waals surface area contributed by atoms with E-state index in [9.17, 15) is 4.79 Å². The van der Waals surface area contributed by atoms with Gasteiger partial charge in [-0.15, -0.1) is 0 Å². The van der Waals surface area contributed by atoms with Gasteiger partial charge in [-0.05, 0) is 24.5 Å². The lowest BCUT2D eigenvalue weighted by Gasteiger charge is -2.26. The van der Waals surface area contributed by atoms with E-state index < -0.39 is 6.09 Å². The molecule has 0 unspecified atom stereocenters. The van der Waals surface area contributed by atoms with Crippen molar-refractivity contribution in [3.05, 3.63) is 36.0 Å². The first-order chi connectivity index (χ1) is 6.69. The minimum absolute atomic E-state index is 0.473. The van der Waals surface area contributed by atoms with Crippen LogP contribution < -0.4 is 0 Å². The lowest BCUT2D eigenvalue weighted by Crippen LogP contribution is -2.35. The van der Waals surface area contributed by atoms with E-state index in [1.807, 2.05) is 25.2 Å². The first-order valence-electron chi connectivity index (χ1n) is 4.64. The fraction of sp³-hybridized carbons (Fsp3) is 0.364. The molecule has 1 aliphatic rings. The van der Waals surface area contributed by atoms with Crippen LogP contribution in [0.2, 0.25) is 0 Å². The van der Waals surface area contributed by atoms with E-state index in [-0.39, 0.29) is 0 Å². The Morgan fingerprint density at radius 3 is 2.79 bits per heavy atom. The molecule has 1 rings (SSSR count). The molecule has 76 valence electrons. The van der Waals surface area contributed by atoms with Gasteiger partial charge in [-0.1, -0.05) is 24.8 Å². The Balaban J connectivity index is 2.86. The van der Waals surface area contributed by atoms with Crippen molar-refractivity contribution in [1.29, 1.82) is 0 Å². The monoisotopic (exact) mass is 193 g/mol. The summed E-state index contributed by atoms with van der Waals surface area (Å²) in [7, 11) is 0. The molecule has 1 N–H and O–H groups in total. The summed E-state index contributed by atoms with van der Waals surface area (Å²) < 4.78 is 0. The molecule has 1 amide bonds. The number of carboxylic acid groups (broad SMARTS) is 1. The van der Waals surface area contributed by atoms with Gasteiger partial charge in [0.05, 0.1) is 0 Å². The summed E-state index contributed by atoms with van der Waals surface area (Å²) in [6.45, 7) is 6.69. The fourth-order valence-electron chi connectivity index (χ4n) is 1.56.